The van der Waals surface area contributed by atoms with Gasteiger partial charge in [-0.3, -0.25) is 4.79 Å². The number of carbonyl (C=O) groups is 1. The molecule has 2 N–H and O–H groups in total. The summed E-state index contributed by atoms with van der Waals surface area (Å²) in [5, 5.41) is 0. The Morgan fingerprint density at radius 3 is 3.00 bits per heavy atom. The van der Waals surface area contributed by atoms with E-state index < -0.39 is 0 Å². The Balaban J connectivity index is 1.79. The lowest BCUT2D eigenvalue weighted by molar-refractivity contribution is -0.132. The van der Waals surface area contributed by atoms with Crippen molar-refractivity contribution in [1.29, 1.82) is 0 Å². The van der Waals surface area contributed by atoms with Crippen LogP contribution in [0.15, 0.2) is 24.3 Å². The number of hydrogen-bond acceptors (Lipinski definition) is 4. The molecule has 1 unspecified atom stereocenters. The minimum absolute atomic E-state index is 0.00674. The van der Waals surface area contributed by atoms with E-state index in [1.54, 1.807) is 23.1 Å². The summed E-state index contributed by atoms with van der Waals surface area (Å²) >= 11 is 0. The number of anilines is 1. The smallest absolute Gasteiger partial charge is 0.260 e. The Bertz CT molecular complexity index is 464. The van der Waals surface area contributed by atoms with Gasteiger partial charge >= 0.3 is 0 Å². The highest BCUT2D eigenvalue weighted by Crippen LogP contribution is 2.16. The van der Waals surface area contributed by atoms with Crippen LogP contribution in [0.4, 0.5) is 5.69 Å². The second-order valence-electron chi connectivity index (χ2n) is 5.41. The fourth-order valence-corrected chi connectivity index (χ4v) is 2.49. The number of nitrogens with zero attached hydrogens (tertiary/aromatic N) is 2. The molecule has 1 aliphatic rings. The average Bonchev–Trinajstić information content (AvgIpc) is 2.81. The summed E-state index contributed by atoms with van der Waals surface area (Å²) in [5.74, 6) is 0.623. The van der Waals surface area contributed by atoms with Gasteiger partial charge in [-0.2, -0.15) is 0 Å². The molecule has 0 radical (unpaired) electrons. The van der Waals surface area contributed by atoms with Crippen molar-refractivity contribution in [2.45, 2.75) is 18.9 Å². The van der Waals surface area contributed by atoms with Gasteiger partial charge in [0.25, 0.3) is 5.91 Å². The standard InChI is InChI=1S/C15H23N3O2/c1-17-8-4-6-13(17)10-18(2)15(19)11-20-14-7-3-5-12(16)9-14/h3,5,7,9,13H,4,6,8,10-11,16H2,1-2H3. The van der Waals surface area contributed by atoms with Gasteiger partial charge in [0, 0.05) is 31.4 Å². The van der Waals surface area contributed by atoms with Crippen LogP contribution in [0.25, 0.3) is 0 Å². The van der Waals surface area contributed by atoms with Crippen LogP contribution in [-0.4, -0.2) is 55.5 Å². The van der Waals surface area contributed by atoms with Crippen LogP contribution in [0, 0.1) is 0 Å². The van der Waals surface area contributed by atoms with E-state index in [0.717, 1.165) is 19.5 Å². The second-order valence-corrected chi connectivity index (χ2v) is 5.41. The van der Waals surface area contributed by atoms with Crippen molar-refractivity contribution in [3.05, 3.63) is 24.3 Å². The van der Waals surface area contributed by atoms with Gasteiger partial charge in [0.15, 0.2) is 6.61 Å². The molecule has 1 amide bonds. The normalized spacial score (nSPS) is 19.0. The van der Waals surface area contributed by atoms with Crippen LogP contribution >= 0.6 is 0 Å². The van der Waals surface area contributed by atoms with Crippen molar-refractivity contribution in [3.63, 3.8) is 0 Å². The molecule has 1 atom stereocenters. The summed E-state index contributed by atoms with van der Waals surface area (Å²) in [5.41, 5.74) is 6.30. The van der Waals surface area contributed by atoms with Crippen molar-refractivity contribution >= 4 is 11.6 Å². The van der Waals surface area contributed by atoms with E-state index in [1.165, 1.54) is 6.42 Å². The van der Waals surface area contributed by atoms with Crippen molar-refractivity contribution in [1.82, 2.24) is 9.80 Å². The molecule has 5 heteroatoms. The molecule has 0 aromatic heterocycles. The quantitative estimate of drug-likeness (QED) is 0.822. The lowest BCUT2D eigenvalue weighted by atomic mass is 10.2. The summed E-state index contributed by atoms with van der Waals surface area (Å²) in [4.78, 5) is 16.1. The first-order valence-electron chi connectivity index (χ1n) is 6.99. The summed E-state index contributed by atoms with van der Waals surface area (Å²) in [7, 11) is 3.94. The Kier molecular flexibility index (Phi) is 4.84. The molecule has 1 aromatic carbocycles. The molecule has 1 saturated heterocycles. The number of amides is 1. The van der Waals surface area contributed by atoms with Gasteiger partial charge in [-0.15, -0.1) is 0 Å². The van der Waals surface area contributed by atoms with Gasteiger partial charge in [0.1, 0.15) is 5.75 Å². The Labute approximate surface area is 120 Å². The van der Waals surface area contributed by atoms with Crippen LogP contribution in [0.2, 0.25) is 0 Å². The molecule has 0 spiro atoms. The Hall–Kier alpha value is -1.75. The molecule has 1 aliphatic heterocycles. The van der Waals surface area contributed by atoms with Crippen LogP contribution in [-0.2, 0) is 4.79 Å². The van der Waals surface area contributed by atoms with E-state index in [1.807, 2.05) is 13.1 Å². The van der Waals surface area contributed by atoms with Crippen LogP contribution in [0.5, 0.6) is 5.75 Å². The molecule has 5 nitrogen and oxygen atoms in total. The average molecular weight is 277 g/mol. The molecular formula is C15H23N3O2. The number of nitrogen functional groups attached to an aromatic ring is 1. The molecule has 1 heterocycles. The fourth-order valence-electron chi connectivity index (χ4n) is 2.49. The predicted octanol–water partition coefficient (Wildman–Crippen LogP) is 1.20. The molecule has 0 bridgehead atoms. The lowest BCUT2D eigenvalue weighted by Gasteiger charge is -2.25. The number of ether oxygens (including phenoxy) is 1. The monoisotopic (exact) mass is 277 g/mol. The van der Waals surface area contributed by atoms with Crippen LogP contribution < -0.4 is 10.5 Å². The van der Waals surface area contributed by atoms with Gasteiger partial charge in [-0.25, -0.2) is 0 Å². The maximum Gasteiger partial charge on any atom is 0.260 e. The Morgan fingerprint density at radius 1 is 1.55 bits per heavy atom. The number of carbonyl (C=O) groups excluding carboxylic acids is 1. The largest absolute Gasteiger partial charge is 0.484 e. The lowest BCUT2D eigenvalue weighted by Crippen LogP contribution is -2.41. The number of nitrogens with two attached hydrogens (primary N) is 1. The summed E-state index contributed by atoms with van der Waals surface area (Å²) < 4.78 is 5.48. The number of benzene rings is 1. The van der Waals surface area contributed by atoms with Crippen molar-refractivity contribution in [3.8, 4) is 5.75 Å². The van der Waals surface area contributed by atoms with E-state index in [-0.39, 0.29) is 12.5 Å². The van der Waals surface area contributed by atoms with Gasteiger partial charge < -0.3 is 20.3 Å². The van der Waals surface area contributed by atoms with Gasteiger partial charge in [0.05, 0.1) is 0 Å². The van der Waals surface area contributed by atoms with Gasteiger partial charge in [-0.05, 0) is 38.6 Å². The zero-order valence-corrected chi connectivity index (χ0v) is 12.2. The number of likely N-dealkylation sites (tertiary alicyclic amines) is 1. The van der Waals surface area contributed by atoms with E-state index in [0.29, 0.717) is 17.5 Å². The van der Waals surface area contributed by atoms with Crippen LogP contribution in [0.1, 0.15) is 12.8 Å². The molecule has 1 fully saturated rings. The second kappa shape index (κ2) is 6.61. The third kappa shape index (κ3) is 3.87. The molecule has 0 saturated carbocycles. The van der Waals surface area contributed by atoms with Crippen molar-refractivity contribution < 1.29 is 9.53 Å². The SMILES string of the molecule is CN(CC1CCCN1C)C(=O)COc1cccc(N)c1. The molecule has 2 rings (SSSR count). The number of likely N-dealkylation sites (N-methyl/N-ethyl adjacent to an activating group) is 2. The highest BCUT2D eigenvalue weighted by molar-refractivity contribution is 5.77. The van der Waals surface area contributed by atoms with Gasteiger partial charge in [-0.1, -0.05) is 6.07 Å². The maximum atomic E-state index is 12.0. The number of rotatable bonds is 5. The zero-order chi connectivity index (χ0) is 14.5. The van der Waals surface area contributed by atoms with Crippen molar-refractivity contribution in [2.24, 2.45) is 0 Å². The van der Waals surface area contributed by atoms with E-state index in [9.17, 15) is 4.79 Å². The van der Waals surface area contributed by atoms with Crippen molar-refractivity contribution in [2.75, 3.05) is 39.5 Å². The molecule has 20 heavy (non-hydrogen) atoms. The topological polar surface area (TPSA) is 58.8 Å². The van der Waals surface area contributed by atoms with Crippen LogP contribution in [0.3, 0.4) is 0 Å². The third-order valence-electron chi connectivity index (χ3n) is 3.80. The van der Waals surface area contributed by atoms with E-state index in [4.69, 9.17) is 10.5 Å². The molecule has 0 aliphatic carbocycles. The minimum atomic E-state index is -0.00674. The van der Waals surface area contributed by atoms with E-state index in [2.05, 4.69) is 11.9 Å². The highest BCUT2D eigenvalue weighted by Gasteiger charge is 2.23. The van der Waals surface area contributed by atoms with E-state index >= 15 is 0 Å². The zero-order valence-electron chi connectivity index (χ0n) is 12.2. The first kappa shape index (κ1) is 14.7. The fraction of sp³-hybridized carbons (Fsp3) is 0.533. The van der Waals surface area contributed by atoms with Gasteiger partial charge in [0.2, 0.25) is 0 Å². The summed E-state index contributed by atoms with van der Waals surface area (Å²) in [6, 6.07) is 7.59. The molecular weight excluding hydrogens is 254 g/mol. The highest BCUT2D eigenvalue weighted by atomic mass is 16.5. The minimum Gasteiger partial charge on any atom is -0.484 e. The predicted molar refractivity (Wildman–Crippen MR) is 79.6 cm³/mol. The first-order chi connectivity index (χ1) is 9.56. The summed E-state index contributed by atoms with van der Waals surface area (Å²) in [6.07, 6.45) is 2.37. The molecule has 1 aromatic rings. The Morgan fingerprint density at radius 2 is 2.35 bits per heavy atom. The number of hydrogen-bond donors (Lipinski definition) is 1. The summed E-state index contributed by atoms with van der Waals surface area (Å²) in [6.45, 7) is 1.93. The first-order valence-corrected chi connectivity index (χ1v) is 6.99. The maximum absolute atomic E-state index is 12.0. The third-order valence-corrected chi connectivity index (χ3v) is 3.80. The molecule has 110 valence electrons.